The molecule has 0 unspecified atom stereocenters. The minimum Gasteiger partial charge on any atom is -0.369 e. The number of rotatable bonds is 7. The molecule has 3 rings (SSSR count). The van der Waals surface area contributed by atoms with Gasteiger partial charge >= 0.3 is 5.69 Å². The molecule has 0 saturated carbocycles. The second kappa shape index (κ2) is 10.2. The molecule has 1 fully saturated rings. The van der Waals surface area contributed by atoms with Crippen LogP contribution < -0.4 is 10.6 Å². The van der Waals surface area contributed by atoms with Crippen molar-refractivity contribution in [3.63, 3.8) is 0 Å². The van der Waals surface area contributed by atoms with Crippen LogP contribution in [0.2, 0.25) is 5.02 Å². The van der Waals surface area contributed by atoms with E-state index in [2.05, 4.69) is 27.0 Å². The normalized spacial score (nSPS) is 15.0. The molecule has 0 aliphatic carbocycles. The van der Waals surface area contributed by atoms with Crippen LogP contribution >= 0.6 is 24.0 Å². The van der Waals surface area contributed by atoms with Crippen molar-refractivity contribution >= 4 is 29.7 Å². The van der Waals surface area contributed by atoms with E-state index in [4.69, 9.17) is 11.6 Å². The van der Waals surface area contributed by atoms with Crippen LogP contribution in [0.25, 0.3) is 0 Å². The van der Waals surface area contributed by atoms with E-state index in [1.165, 1.54) is 5.69 Å². The first-order valence-electron chi connectivity index (χ1n) is 9.51. The first-order valence-corrected chi connectivity index (χ1v) is 9.89. The maximum atomic E-state index is 12.3. The van der Waals surface area contributed by atoms with Gasteiger partial charge in [-0.15, -0.1) is 12.4 Å². The zero-order valence-electron chi connectivity index (χ0n) is 16.1. The highest BCUT2D eigenvalue weighted by atomic mass is 35.5. The lowest BCUT2D eigenvalue weighted by Crippen LogP contribution is -2.46. The van der Waals surface area contributed by atoms with Gasteiger partial charge in [-0.05, 0) is 37.6 Å². The van der Waals surface area contributed by atoms with Crippen molar-refractivity contribution in [2.45, 2.75) is 39.8 Å². The van der Waals surface area contributed by atoms with Gasteiger partial charge in [-0.25, -0.2) is 9.48 Å². The van der Waals surface area contributed by atoms with Crippen LogP contribution in [-0.4, -0.2) is 52.0 Å². The molecule has 1 aliphatic rings. The lowest BCUT2D eigenvalue weighted by Gasteiger charge is -2.36. The number of hydrogen-bond acceptors (Lipinski definition) is 4. The van der Waals surface area contributed by atoms with Gasteiger partial charge in [-0.2, -0.15) is 5.10 Å². The summed E-state index contributed by atoms with van der Waals surface area (Å²) in [6.07, 6.45) is 1.74. The van der Waals surface area contributed by atoms with Gasteiger partial charge in [0.05, 0.1) is 0 Å². The molecule has 1 aliphatic heterocycles. The average Bonchev–Trinajstić information content (AvgIpc) is 2.98. The standard InChI is InChI=1S/C19H28ClN5O.ClH/c1-3-18-21-25(19(26)24(18)4-2)11-5-10-22-12-14-23(15-13-22)17-8-6-16(20)7-9-17;/h6-9H,3-5,10-15H2,1-2H3;1H. The van der Waals surface area contributed by atoms with Crippen molar-refractivity contribution in [3.8, 4) is 0 Å². The predicted molar refractivity (Wildman–Crippen MR) is 114 cm³/mol. The molecule has 0 atom stereocenters. The van der Waals surface area contributed by atoms with E-state index in [1.807, 2.05) is 26.0 Å². The third-order valence-corrected chi connectivity index (χ3v) is 5.29. The van der Waals surface area contributed by atoms with Gasteiger partial charge in [0.1, 0.15) is 5.82 Å². The number of hydrogen-bond donors (Lipinski definition) is 0. The number of halogens is 2. The van der Waals surface area contributed by atoms with Crippen molar-refractivity contribution in [2.24, 2.45) is 0 Å². The van der Waals surface area contributed by atoms with Gasteiger partial charge in [0.25, 0.3) is 0 Å². The highest BCUT2D eigenvalue weighted by molar-refractivity contribution is 6.30. The molecule has 8 heteroatoms. The lowest BCUT2D eigenvalue weighted by atomic mass is 10.2. The van der Waals surface area contributed by atoms with Crippen LogP contribution in [0.4, 0.5) is 5.69 Å². The van der Waals surface area contributed by atoms with Crippen LogP contribution in [0.15, 0.2) is 29.1 Å². The maximum absolute atomic E-state index is 12.3. The minimum absolute atomic E-state index is 0. The molecule has 1 saturated heterocycles. The van der Waals surface area contributed by atoms with Crippen LogP contribution in [0.1, 0.15) is 26.1 Å². The average molecular weight is 414 g/mol. The van der Waals surface area contributed by atoms with Gasteiger partial charge in [0.2, 0.25) is 0 Å². The van der Waals surface area contributed by atoms with Gasteiger partial charge < -0.3 is 4.90 Å². The van der Waals surface area contributed by atoms with Gasteiger partial charge in [0, 0.05) is 62.9 Å². The molecule has 1 aromatic heterocycles. The monoisotopic (exact) mass is 413 g/mol. The molecule has 2 heterocycles. The van der Waals surface area contributed by atoms with Gasteiger partial charge in [-0.1, -0.05) is 18.5 Å². The smallest absolute Gasteiger partial charge is 0.345 e. The highest BCUT2D eigenvalue weighted by Gasteiger charge is 2.17. The van der Waals surface area contributed by atoms with Crippen molar-refractivity contribution in [1.82, 2.24) is 19.2 Å². The van der Waals surface area contributed by atoms with Crippen molar-refractivity contribution < 1.29 is 0 Å². The molecule has 27 heavy (non-hydrogen) atoms. The third-order valence-electron chi connectivity index (χ3n) is 5.04. The van der Waals surface area contributed by atoms with E-state index in [0.29, 0.717) is 13.1 Å². The van der Waals surface area contributed by atoms with Crippen molar-refractivity contribution in [1.29, 1.82) is 0 Å². The fraction of sp³-hybridized carbons (Fsp3) is 0.579. The summed E-state index contributed by atoms with van der Waals surface area (Å²) in [6, 6.07) is 8.06. The summed E-state index contributed by atoms with van der Waals surface area (Å²) in [7, 11) is 0. The highest BCUT2D eigenvalue weighted by Crippen LogP contribution is 2.19. The number of anilines is 1. The Labute approximate surface area is 172 Å². The van der Waals surface area contributed by atoms with Crippen LogP contribution in [0, 0.1) is 0 Å². The molecule has 0 N–H and O–H groups in total. The second-order valence-corrected chi connectivity index (χ2v) is 7.11. The fourth-order valence-corrected chi connectivity index (χ4v) is 3.66. The van der Waals surface area contributed by atoms with Crippen LogP contribution in [0.3, 0.4) is 0 Å². The molecule has 0 radical (unpaired) electrons. The Kier molecular flexibility index (Phi) is 8.20. The number of aromatic nitrogens is 3. The van der Waals surface area contributed by atoms with E-state index in [-0.39, 0.29) is 18.1 Å². The van der Waals surface area contributed by atoms with E-state index in [9.17, 15) is 4.79 Å². The van der Waals surface area contributed by atoms with Crippen molar-refractivity contribution in [3.05, 3.63) is 45.6 Å². The first-order chi connectivity index (χ1) is 12.6. The zero-order valence-corrected chi connectivity index (χ0v) is 17.7. The number of benzene rings is 1. The topological polar surface area (TPSA) is 46.3 Å². The van der Waals surface area contributed by atoms with E-state index in [1.54, 1.807) is 9.25 Å². The molecule has 0 spiro atoms. The second-order valence-electron chi connectivity index (χ2n) is 6.68. The third kappa shape index (κ3) is 5.27. The number of nitrogens with zero attached hydrogens (tertiary/aromatic N) is 5. The fourth-order valence-electron chi connectivity index (χ4n) is 3.54. The van der Waals surface area contributed by atoms with Crippen molar-refractivity contribution in [2.75, 3.05) is 37.6 Å². The summed E-state index contributed by atoms with van der Waals surface area (Å²) < 4.78 is 3.40. The number of aryl methyl sites for hydroxylation is 2. The van der Waals surface area contributed by atoms with E-state index < -0.39 is 0 Å². The Morgan fingerprint density at radius 3 is 2.26 bits per heavy atom. The lowest BCUT2D eigenvalue weighted by molar-refractivity contribution is 0.248. The predicted octanol–water partition coefficient (Wildman–Crippen LogP) is 2.91. The first kappa shape index (κ1) is 21.8. The molecule has 2 aromatic rings. The Hall–Kier alpha value is -1.50. The Morgan fingerprint density at radius 2 is 1.70 bits per heavy atom. The molecule has 6 nitrogen and oxygen atoms in total. The quantitative estimate of drug-likeness (QED) is 0.699. The molecule has 1 aromatic carbocycles. The molecule has 0 bridgehead atoms. The Morgan fingerprint density at radius 1 is 1.04 bits per heavy atom. The van der Waals surface area contributed by atoms with Crippen LogP contribution in [0.5, 0.6) is 0 Å². The maximum Gasteiger partial charge on any atom is 0.345 e. The Bertz CT molecular complexity index is 763. The zero-order chi connectivity index (χ0) is 18.5. The molecule has 150 valence electrons. The summed E-state index contributed by atoms with van der Waals surface area (Å²) in [4.78, 5) is 17.2. The summed E-state index contributed by atoms with van der Waals surface area (Å²) in [5.41, 5.74) is 1.26. The van der Waals surface area contributed by atoms with E-state index >= 15 is 0 Å². The van der Waals surface area contributed by atoms with E-state index in [0.717, 1.165) is 56.4 Å². The summed E-state index contributed by atoms with van der Waals surface area (Å²) in [5.74, 6) is 0.883. The largest absolute Gasteiger partial charge is 0.369 e. The van der Waals surface area contributed by atoms with Gasteiger partial charge in [-0.3, -0.25) is 9.47 Å². The molecular formula is C19H29Cl2N5O. The minimum atomic E-state index is 0. The SMILES string of the molecule is CCc1nn(CCCN2CCN(c3ccc(Cl)cc3)CC2)c(=O)n1CC.Cl. The van der Waals surface area contributed by atoms with Gasteiger partial charge in [0.15, 0.2) is 0 Å². The summed E-state index contributed by atoms with van der Waals surface area (Å²) >= 11 is 5.96. The Balaban J connectivity index is 0.00000261. The summed E-state index contributed by atoms with van der Waals surface area (Å²) in [6.45, 7) is 10.5. The number of piperazine rings is 1. The molecule has 0 amide bonds. The summed E-state index contributed by atoms with van der Waals surface area (Å²) in [5, 5.41) is 5.25. The van der Waals surface area contributed by atoms with Crippen LogP contribution in [-0.2, 0) is 19.5 Å². The molecular weight excluding hydrogens is 385 g/mol.